The molecule has 0 fully saturated rings. The van der Waals surface area contributed by atoms with Gasteiger partial charge in [-0.05, 0) is 25.8 Å². The zero-order valence-corrected chi connectivity index (χ0v) is 9.74. The lowest BCUT2D eigenvalue weighted by atomic mass is 10.1. The summed E-state index contributed by atoms with van der Waals surface area (Å²) in [4.78, 5) is 22.1. The molecule has 0 radical (unpaired) electrons. The molecule has 1 amide bonds. The van der Waals surface area contributed by atoms with Gasteiger partial charge in [-0.1, -0.05) is 19.7 Å². The van der Waals surface area contributed by atoms with Crippen molar-refractivity contribution in [2.24, 2.45) is 5.73 Å². The maximum absolute atomic E-state index is 11.3. The molecule has 0 rings (SSSR count). The van der Waals surface area contributed by atoms with Crippen molar-refractivity contribution >= 4 is 24.7 Å². The Labute approximate surface area is 95.2 Å². The van der Waals surface area contributed by atoms with Crippen LogP contribution in [-0.4, -0.2) is 33.9 Å². The first-order valence-corrected chi connectivity index (χ1v) is 5.38. The van der Waals surface area contributed by atoms with Crippen molar-refractivity contribution in [3.63, 3.8) is 0 Å². The van der Waals surface area contributed by atoms with Gasteiger partial charge in [-0.2, -0.15) is 0 Å². The summed E-state index contributed by atoms with van der Waals surface area (Å²) >= 11 is 3.91. The van der Waals surface area contributed by atoms with Crippen molar-refractivity contribution in [1.82, 2.24) is 4.31 Å². The molecule has 0 aliphatic carbocycles. The zero-order chi connectivity index (χ0) is 11.8. The summed E-state index contributed by atoms with van der Waals surface area (Å²) in [5.41, 5.74) is 5.31. The summed E-state index contributed by atoms with van der Waals surface area (Å²) in [6.07, 6.45) is 2.08. The number of rotatable bonds is 7. The maximum Gasteiger partial charge on any atom is 0.327 e. The van der Waals surface area contributed by atoms with Gasteiger partial charge in [0.2, 0.25) is 5.91 Å². The van der Waals surface area contributed by atoms with Gasteiger partial charge in [0.1, 0.15) is 6.04 Å². The number of hydrogen-bond donors (Lipinski definition) is 3. The maximum atomic E-state index is 11.3. The molecule has 0 spiro atoms. The second-order valence-electron chi connectivity index (χ2n) is 3.23. The fraction of sp³-hybridized carbons (Fsp3) is 0.778. The van der Waals surface area contributed by atoms with Gasteiger partial charge in [-0.3, -0.25) is 9.10 Å². The largest absolute Gasteiger partial charge is 0.480 e. The minimum absolute atomic E-state index is 0.254. The number of hydrogen-bond acceptors (Lipinski definition) is 4. The van der Waals surface area contributed by atoms with E-state index in [2.05, 4.69) is 12.8 Å². The van der Waals surface area contributed by atoms with Crippen LogP contribution in [-0.2, 0) is 9.59 Å². The molecule has 0 aliphatic heterocycles. The minimum Gasteiger partial charge on any atom is -0.480 e. The van der Waals surface area contributed by atoms with E-state index in [9.17, 15) is 9.59 Å². The first-order valence-electron chi connectivity index (χ1n) is 4.98. The second kappa shape index (κ2) is 7.53. The van der Waals surface area contributed by atoms with Gasteiger partial charge in [0.15, 0.2) is 0 Å². The molecule has 0 aromatic carbocycles. The van der Waals surface area contributed by atoms with Crippen molar-refractivity contribution in [2.45, 2.75) is 38.6 Å². The Bertz CT molecular complexity index is 223. The molecule has 0 aromatic heterocycles. The molecule has 88 valence electrons. The molecular formula is C9H18N2O3S. The van der Waals surface area contributed by atoms with E-state index in [-0.39, 0.29) is 12.3 Å². The van der Waals surface area contributed by atoms with Crippen LogP contribution < -0.4 is 5.73 Å². The lowest BCUT2D eigenvalue weighted by Crippen LogP contribution is -2.38. The van der Waals surface area contributed by atoms with Crippen molar-refractivity contribution in [1.29, 1.82) is 0 Å². The number of carboxylic acid groups (broad SMARTS) is 1. The Morgan fingerprint density at radius 3 is 2.47 bits per heavy atom. The van der Waals surface area contributed by atoms with Crippen LogP contribution >= 0.6 is 12.8 Å². The minimum atomic E-state index is -1.02. The quantitative estimate of drug-likeness (QED) is 0.446. The van der Waals surface area contributed by atoms with E-state index in [4.69, 9.17) is 10.8 Å². The van der Waals surface area contributed by atoms with E-state index in [0.717, 1.165) is 10.7 Å². The Balaban J connectivity index is 4.25. The third kappa shape index (κ3) is 5.03. The summed E-state index contributed by atoms with van der Waals surface area (Å²) in [6, 6.07) is -0.854. The van der Waals surface area contributed by atoms with E-state index >= 15 is 0 Å². The fourth-order valence-electron chi connectivity index (χ4n) is 1.17. The second-order valence-corrected chi connectivity index (χ2v) is 3.66. The number of unbranched alkanes of at least 4 members (excludes halogenated alkanes) is 1. The number of aliphatic carboxylic acids is 1. The molecule has 0 saturated heterocycles. The Morgan fingerprint density at radius 1 is 1.47 bits per heavy atom. The lowest BCUT2D eigenvalue weighted by molar-refractivity contribution is -0.145. The number of nitrogens with zero attached hydrogens (tertiary/aromatic N) is 1. The van der Waals surface area contributed by atoms with Crippen molar-refractivity contribution in [3.8, 4) is 0 Å². The van der Waals surface area contributed by atoms with Gasteiger partial charge in [0.05, 0.1) is 0 Å². The molecule has 1 atom stereocenters. The number of carbonyl (C=O) groups excluding carboxylic acids is 1. The van der Waals surface area contributed by atoms with Gasteiger partial charge in [0, 0.05) is 6.42 Å². The summed E-state index contributed by atoms with van der Waals surface area (Å²) in [5.74, 6) is -1.30. The van der Waals surface area contributed by atoms with E-state index in [1.165, 1.54) is 0 Å². The number of thiol groups is 1. The van der Waals surface area contributed by atoms with Crippen molar-refractivity contribution in [3.05, 3.63) is 0 Å². The van der Waals surface area contributed by atoms with E-state index in [0.29, 0.717) is 19.4 Å². The summed E-state index contributed by atoms with van der Waals surface area (Å²) in [5, 5.41) is 8.91. The molecule has 3 N–H and O–H groups in total. The smallest absolute Gasteiger partial charge is 0.327 e. The molecule has 15 heavy (non-hydrogen) atoms. The van der Waals surface area contributed by atoms with Gasteiger partial charge in [0.25, 0.3) is 0 Å². The lowest BCUT2D eigenvalue weighted by Gasteiger charge is -2.22. The average molecular weight is 234 g/mol. The van der Waals surface area contributed by atoms with Crippen LogP contribution in [0.1, 0.15) is 32.6 Å². The van der Waals surface area contributed by atoms with Crippen LogP contribution in [0.2, 0.25) is 0 Å². The molecule has 0 bridgehead atoms. The van der Waals surface area contributed by atoms with Crippen LogP contribution in [0.25, 0.3) is 0 Å². The summed E-state index contributed by atoms with van der Waals surface area (Å²) in [7, 11) is 0. The first kappa shape index (κ1) is 14.2. The highest BCUT2D eigenvalue weighted by molar-refractivity contribution is 7.78. The third-order valence-electron chi connectivity index (χ3n) is 2.07. The van der Waals surface area contributed by atoms with E-state index in [1.807, 2.05) is 0 Å². The van der Waals surface area contributed by atoms with Gasteiger partial charge < -0.3 is 10.8 Å². The topological polar surface area (TPSA) is 83.6 Å². The number of amides is 1. The van der Waals surface area contributed by atoms with Crippen LogP contribution in [0.5, 0.6) is 0 Å². The van der Waals surface area contributed by atoms with Gasteiger partial charge >= 0.3 is 5.97 Å². The number of carboxylic acids is 1. The van der Waals surface area contributed by atoms with E-state index < -0.39 is 12.0 Å². The molecule has 0 aromatic rings. The van der Waals surface area contributed by atoms with Crippen LogP contribution in [0.4, 0.5) is 0 Å². The summed E-state index contributed by atoms with van der Waals surface area (Å²) in [6.45, 7) is 2.20. The average Bonchev–Trinajstić information content (AvgIpc) is 2.22. The highest BCUT2D eigenvalue weighted by Crippen LogP contribution is 2.13. The van der Waals surface area contributed by atoms with Crippen LogP contribution in [0, 0.1) is 0 Å². The predicted molar refractivity (Wildman–Crippen MR) is 60.5 cm³/mol. The molecule has 0 aliphatic rings. The molecular weight excluding hydrogens is 216 g/mol. The standard InChI is InChI=1S/C9H18N2O3S/c1-2-8(12)11(15)7(9(13)14)5-3-4-6-10/h7,15H,2-6,10H2,1H3,(H,13,14). The number of nitrogens with two attached hydrogens (primary N) is 1. The highest BCUT2D eigenvalue weighted by Gasteiger charge is 2.25. The van der Waals surface area contributed by atoms with E-state index in [1.54, 1.807) is 6.92 Å². The highest BCUT2D eigenvalue weighted by atomic mass is 32.1. The van der Waals surface area contributed by atoms with Crippen molar-refractivity contribution < 1.29 is 14.7 Å². The normalized spacial score (nSPS) is 12.2. The molecule has 0 saturated carbocycles. The van der Waals surface area contributed by atoms with Crippen molar-refractivity contribution in [2.75, 3.05) is 6.54 Å². The predicted octanol–water partition coefficient (Wildman–Crippen LogP) is 0.652. The SMILES string of the molecule is CCC(=O)N(S)C(CCCCN)C(=O)O. The molecule has 6 heteroatoms. The Morgan fingerprint density at radius 2 is 2.07 bits per heavy atom. The van der Waals surface area contributed by atoms with Crippen LogP contribution in [0.3, 0.4) is 0 Å². The first-order chi connectivity index (χ1) is 7.04. The Kier molecular flexibility index (Phi) is 7.15. The Hall–Kier alpha value is -0.750. The number of carbonyl (C=O) groups is 2. The van der Waals surface area contributed by atoms with Gasteiger partial charge in [-0.25, -0.2) is 4.79 Å². The molecule has 1 unspecified atom stereocenters. The molecule has 0 heterocycles. The van der Waals surface area contributed by atoms with Gasteiger partial charge in [-0.15, -0.1) is 0 Å². The molecule has 5 nitrogen and oxygen atoms in total. The fourth-order valence-corrected chi connectivity index (χ4v) is 1.52. The summed E-state index contributed by atoms with van der Waals surface area (Å²) < 4.78 is 0.999. The third-order valence-corrected chi connectivity index (χ3v) is 2.57. The van der Waals surface area contributed by atoms with Crippen LogP contribution in [0.15, 0.2) is 0 Å². The monoisotopic (exact) mass is 234 g/mol. The zero-order valence-electron chi connectivity index (χ0n) is 8.85.